The Balaban J connectivity index is 1.21. The van der Waals surface area contributed by atoms with Gasteiger partial charge in [-0.25, -0.2) is 4.79 Å². The lowest BCUT2D eigenvalue weighted by Crippen LogP contribution is -2.43. The first-order chi connectivity index (χ1) is 16.4. The normalized spacial score (nSPS) is 20.2. The van der Waals surface area contributed by atoms with Gasteiger partial charge in [0, 0.05) is 25.2 Å². The van der Waals surface area contributed by atoms with Crippen molar-refractivity contribution in [3.8, 4) is 11.8 Å². The zero-order chi connectivity index (χ0) is 23.9. The van der Waals surface area contributed by atoms with Crippen LogP contribution in [-0.2, 0) is 11.3 Å². The number of nitriles is 1. The van der Waals surface area contributed by atoms with Crippen LogP contribution in [0.4, 0.5) is 5.69 Å². The summed E-state index contributed by atoms with van der Waals surface area (Å²) >= 11 is 0. The van der Waals surface area contributed by atoms with Crippen molar-refractivity contribution in [2.24, 2.45) is 5.41 Å². The summed E-state index contributed by atoms with van der Waals surface area (Å²) in [5, 5.41) is 20.3. The van der Waals surface area contributed by atoms with E-state index in [2.05, 4.69) is 15.9 Å². The number of hydrogen-bond acceptors (Lipinski definition) is 7. The number of β-amino-alcohol motifs (C(OH)–C–C–N with tert-alkyl or cyclic N) is 1. The molecule has 0 aliphatic carbocycles. The summed E-state index contributed by atoms with van der Waals surface area (Å²) in [5.74, 6) is 0.538. The Labute approximate surface area is 200 Å². The number of carbonyl (C=O) groups is 1. The van der Waals surface area contributed by atoms with Gasteiger partial charge in [-0.3, -0.25) is 0 Å². The Morgan fingerprint density at radius 2 is 1.97 bits per heavy atom. The van der Waals surface area contributed by atoms with Crippen molar-refractivity contribution in [3.63, 3.8) is 0 Å². The number of ether oxygens (including phenoxy) is 2. The van der Waals surface area contributed by atoms with E-state index in [4.69, 9.17) is 9.47 Å². The molecule has 3 heterocycles. The lowest BCUT2D eigenvalue weighted by Gasteiger charge is -2.40. The van der Waals surface area contributed by atoms with Gasteiger partial charge in [0.2, 0.25) is 0 Å². The maximum Gasteiger partial charge on any atom is 0.338 e. The second kappa shape index (κ2) is 8.94. The van der Waals surface area contributed by atoms with Gasteiger partial charge in [-0.2, -0.15) is 5.26 Å². The molecular formula is C27H31N3O4. The molecule has 2 fully saturated rings. The fraction of sp³-hybridized carbons (Fsp3) is 0.481. The molecule has 2 saturated heterocycles. The van der Waals surface area contributed by atoms with Gasteiger partial charge in [0.15, 0.2) is 0 Å². The summed E-state index contributed by atoms with van der Waals surface area (Å²) < 4.78 is 10.7. The van der Waals surface area contributed by atoms with E-state index in [1.807, 2.05) is 25.1 Å². The third-order valence-electron chi connectivity index (χ3n) is 8.00. The van der Waals surface area contributed by atoms with Gasteiger partial charge in [-0.05, 0) is 80.1 Å². The smallest absolute Gasteiger partial charge is 0.338 e. The van der Waals surface area contributed by atoms with Gasteiger partial charge in [0.1, 0.15) is 12.4 Å². The summed E-state index contributed by atoms with van der Waals surface area (Å²) in [6.45, 7) is 6.68. The number of aliphatic hydroxyl groups is 1. The molecule has 2 aromatic carbocycles. The van der Waals surface area contributed by atoms with Crippen LogP contribution in [0.5, 0.6) is 5.75 Å². The van der Waals surface area contributed by atoms with Crippen LogP contribution in [0.1, 0.15) is 58.0 Å². The highest BCUT2D eigenvalue weighted by Crippen LogP contribution is 2.44. The van der Waals surface area contributed by atoms with Crippen LogP contribution in [0.2, 0.25) is 0 Å². The minimum Gasteiger partial charge on any atom is -0.495 e. The van der Waals surface area contributed by atoms with Crippen molar-refractivity contribution in [3.05, 3.63) is 58.1 Å². The predicted molar refractivity (Wildman–Crippen MR) is 128 cm³/mol. The van der Waals surface area contributed by atoms with Gasteiger partial charge in [0.05, 0.1) is 36.1 Å². The molecule has 0 aromatic heterocycles. The van der Waals surface area contributed by atoms with E-state index < -0.39 is 6.10 Å². The van der Waals surface area contributed by atoms with E-state index in [0.717, 1.165) is 73.6 Å². The minimum atomic E-state index is -0.590. The van der Waals surface area contributed by atoms with E-state index in [0.29, 0.717) is 24.3 Å². The van der Waals surface area contributed by atoms with Gasteiger partial charge >= 0.3 is 5.97 Å². The largest absolute Gasteiger partial charge is 0.495 e. The van der Waals surface area contributed by atoms with E-state index in [-0.39, 0.29) is 11.4 Å². The van der Waals surface area contributed by atoms with Crippen molar-refractivity contribution in [2.45, 2.75) is 38.9 Å². The lowest BCUT2D eigenvalue weighted by molar-refractivity contribution is 0.0534. The fourth-order valence-electron chi connectivity index (χ4n) is 5.84. The second-order valence-electron chi connectivity index (χ2n) is 9.87. The number of methoxy groups -OCH3 is 1. The molecule has 3 aliphatic rings. The molecule has 5 rings (SSSR count). The molecule has 0 amide bonds. The zero-order valence-electron chi connectivity index (χ0n) is 19.8. The molecule has 1 atom stereocenters. The third kappa shape index (κ3) is 4.02. The number of benzene rings is 2. The number of fused-ring (bicyclic) bond motifs is 1. The SMILES string of the molecule is COc1ccc(C#N)cc1N1CCC2(CCN(CC(O)c3ccc4c(c3C)COC4=O)CC2)C1. The Morgan fingerprint density at radius 1 is 1.21 bits per heavy atom. The van der Waals surface area contributed by atoms with Crippen molar-refractivity contribution in [1.29, 1.82) is 5.26 Å². The Kier molecular flexibility index (Phi) is 5.97. The first kappa shape index (κ1) is 22.7. The van der Waals surface area contributed by atoms with Gasteiger partial charge in [-0.1, -0.05) is 6.07 Å². The fourth-order valence-corrected chi connectivity index (χ4v) is 5.84. The molecule has 0 bridgehead atoms. The van der Waals surface area contributed by atoms with Crippen LogP contribution in [0, 0.1) is 23.7 Å². The number of likely N-dealkylation sites (tertiary alicyclic amines) is 1. The Morgan fingerprint density at radius 3 is 2.71 bits per heavy atom. The molecule has 3 aliphatic heterocycles. The molecule has 34 heavy (non-hydrogen) atoms. The second-order valence-corrected chi connectivity index (χ2v) is 9.87. The summed E-state index contributed by atoms with van der Waals surface area (Å²) in [5.41, 5.74) is 5.29. The van der Waals surface area contributed by atoms with Crippen molar-refractivity contribution < 1.29 is 19.4 Å². The van der Waals surface area contributed by atoms with Crippen LogP contribution in [0.25, 0.3) is 0 Å². The number of anilines is 1. The maximum absolute atomic E-state index is 11.8. The lowest BCUT2D eigenvalue weighted by atomic mass is 9.77. The van der Waals surface area contributed by atoms with E-state index in [9.17, 15) is 15.2 Å². The molecule has 7 nitrogen and oxygen atoms in total. The molecule has 7 heteroatoms. The highest BCUT2D eigenvalue weighted by Gasteiger charge is 2.41. The first-order valence-electron chi connectivity index (χ1n) is 12.0. The van der Waals surface area contributed by atoms with Gasteiger partial charge in [0.25, 0.3) is 0 Å². The molecule has 2 aromatic rings. The summed E-state index contributed by atoms with van der Waals surface area (Å²) in [4.78, 5) is 16.5. The first-order valence-corrected chi connectivity index (χ1v) is 12.0. The standard InChI is InChI=1S/C27H31N3O4/c1-18-20(4-5-21-22(18)16-34-26(21)32)24(31)15-29-10-7-27(8-11-29)9-12-30(17-27)23-13-19(14-28)3-6-25(23)33-2/h3-6,13,24,31H,7-12,15-17H2,1-2H3. The molecule has 0 radical (unpaired) electrons. The van der Waals surface area contributed by atoms with Crippen LogP contribution in [0.3, 0.4) is 0 Å². The Bertz CT molecular complexity index is 1150. The average molecular weight is 462 g/mol. The minimum absolute atomic E-state index is 0.260. The zero-order valence-corrected chi connectivity index (χ0v) is 19.8. The van der Waals surface area contributed by atoms with Crippen molar-refractivity contribution >= 4 is 11.7 Å². The van der Waals surface area contributed by atoms with Gasteiger partial charge < -0.3 is 24.4 Å². The summed E-state index contributed by atoms with van der Waals surface area (Å²) in [6, 6.07) is 11.5. The molecular weight excluding hydrogens is 430 g/mol. The molecule has 1 spiro atoms. The summed E-state index contributed by atoms with van der Waals surface area (Å²) in [7, 11) is 1.67. The van der Waals surface area contributed by atoms with E-state index >= 15 is 0 Å². The number of aliphatic hydroxyl groups excluding tert-OH is 1. The number of rotatable bonds is 5. The number of carbonyl (C=O) groups excluding carboxylic acids is 1. The number of piperidine rings is 1. The topological polar surface area (TPSA) is 86.0 Å². The van der Waals surface area contributed by atoms with Gasteiger partial charge in [-0.15, -0.1) is 0 Å². The molecule has 1 N–H and O–H groups in total. The number of hydrogen-bond donors (Lipinski definition) is 1. The maximum atomic E-state index is 11.8. The highest BCUT2D eigenvalue weighted by atomic mass is 16.5. The molecule has 1 unspecified atom stereocenters. The molecule has 0 saturated carbocycles. The van der Waals surface area contributed by atoms with E-state index in [1.165, 1.54) is 0 Å². The van der Waals surface area contributed by atoms with Crippen molar-refractivity contribution in [2.75, 3.05) is 44.7 Å². The van der Waals surface area contributed by atoms with Crippen LogP contribution in [-0.4, -0.2) is 55.8 Å². The van der Waals surface area contributed by atoms with Crippen molar-refractivity contribution in [1.82, 2.24) is 4.90 Å². The number of nitrogens with zero attached hydrogens (tertiary/aromatic N) is 3. The van der Waals surface area contributed by atoms with Crippen LogP contribution >= 0.6 is 0 Å². The number of cyclic esters (lactones) is 1. The Hall–Kier alpha value is -3.08. The monoisotopic (exact) mass is 461 g/mol. The van der Waals surface area contributed by atoms with Crippen LogP contribution in [0.15, 0.2) is 30.3 Å². The van der Waals surface area contributed by atoms with E-state index in [1.54, 1.807) is 19.2 Å². The summed E-state index contributed by atoms with van der Waals surface area (Å²) in [6.07, 6.45) is 2.71. The third-order valence-corrected chi connectivity index (χ3v) is 8.00. The highest BCUT2D eigenvalue weighted by molar-refractivity contribution is 5.93. The average Bonchev–Trinajstić information content (AvgIpc) is 3.45. The number of esters is 1. The molecule has 178 valence electrons. The quantitative estimate of drug-likeness (QED) is 0.681. The van der Waals surface area contributed by atoms with Crippen LogP contribution < -0.4 is 9.64 Å². The predicted octanol–water partition coefficient (Wildman–Crippen LogP) is 3.57.